The van der Waals surface area contributed by atoms with Crippen molar-refractivity contribution >= 4 is 5.69 Å². The molecule has 0 bridgehead atoms. The first kappa shape index (κ1) is 14.4. The molecule has 2 heteroatoms. The second kappa shape index (κ2) is 6.42. The Balaban J connectivity index is 2.10. The highest BCUT2D eigenvalue weighted by atomic mass is 15.2. The first-order chi connectivity index (χ1) is 9.11. The lowest BCUT2D eigenvalue weighted by Crippen LogP contribution is -2.28. The molecule has 1 unspecified atom stereocenters. The fourth-order valence-corrected chi connectivity index (χ4v) is 2.97. The lowest BCUT2D eigenvalue weighted by atomic mass is 10.1. The number of rotatable bonds is 5. The van der Waals surface area contributed by atoms with Crippen LogP contribution in [0.4, 0.5) is 5.69 Å². The normalized spacial score (nSPS) is 19.4. The van der Waals surface area contributed by atoms with Gasteiger partial charge in [-0.15, -0.1) is 0 Å². The SMILES string of the molecule is CCC1CCCN1c1ccc(CNC(C)C)c(C)c1. The highest BCUT2D eigenvalue weighted by Gasteiger charge is 2.23. The molecule has 0 radical (unpaired) electrons. The topological polar surface area (TPSA) is 15.3 Å². The highest BCUT2D eigenvalue weighted by molar-refractivity contribution is 5.52. The molecule has 0 aromatic heterocycles. The van der Waals surface area contributed by atoms with Gasteiger partial charge in [0, 0.05) is 30.9 Å². The molecule has 1 aliphatic rings. The Hall–Kier alpha value is -1.02. The molecule has 1 fully saturated rings. The number of anilines is 1. The molecule has 19 heavy (non-hydrogen) atoms. The third-order valence-corrected chi connectivity index (χ3v) is 4.21. The fourth-order valence-electron chi connectivity index (χ4n) is 2.97. The Morgan fingerprint density at radius 3 is 2.79 bits per heavy atom. The minimum absolute atomic E-state index is 0.544. The monoisotopic (exact) mass is 260 g/mol. The molecular weight excluding hydrogens is 232 g/mol. The second-order valence-corrected chi connectivity index (χ2v) is 6.04. The van der Waals surface area contributed by atoms with Crippen LogP contribution in [0.15, 0.2) is 18.2 Å². The standard InChI is InChI=1S/C17H28N2/c1-5-16-7-6-10-19(16)17-9-8-15(14(4)11-17)12-18-13(2)3/h8-9,11,13,16,18H,5-7,10,12H2,1-4H3. The number of hydrogen-bond donors (Lipinski definition) is 1. The van der Waals surface area contributed by atoms with Crippen LogP contribution in [-0.2, 0) is 6.54 Å². The predicted molar refractivity (Wildman–Crippen MR) is 83.8 cm³/mol. The van der Waals surface area contributed by atoms with Gasteiger partial charge in [-0.2, -0.15) is 0 Å². The maximum Gasteiger partial charge on any atom is 0.0371 e. The molecule has 1 atom stereocenters. The Bertz CT molecular complexity index is 412. The molecule has 0 aliphatic carbocycles. The van der Waals surface area contributed by atoms with Crippen LogP contribution < -0.4 is 10.2 Å². The van der Waals surface area contributed by atoms with Crippen LogP contribution in [0.25, 0.3) is 0 Å². The summed E-state index contributed by atoms with van der Waals surface area (Å²) >= 11 is 0. The summed E-state index contributed by atoms with van der Waals surface area (Å²) in [4.78, 5) is 2.59. The minimum atomic E-state index is 0.544. The molecule has 0 spiro atoms. The molecule has 1 saturated heterocycles. The van der Waals surface area contributed by atoms with Gasteiger partial charge in [-0.3, -0.25) is 0 Å². The van der Waals surface area contributed by atoms with Crippen molar-refractivity contribution in [3.8, 4) is 0 Å². The molecule has 106 valence electrons. The molecular formula is C17H28N2. The third kappa shape index (κ3) is 3.50. The van der Waals surface area contributed by atoms with E-state index in [-0.39, 0.29) is 0 Å². The van der Waals surface area contributed by atoms with Crippen molar-refractivity contribution in [2.45, 2.75) is 65.6 Å². The van der Waals surface area contributed by atoms with Crippen LogP contribution in [0, 0.1) is 6.92 Å². The zero-order valence-electron chi connectivity index (χ0n) is 12.9. The van der Waals surface area contributed by atoms with Crippen molar-refractivity contribution in [1.29, 1.82) is 0 Å². The molecule has 2 rings (SSSR count). The van der Waals surface area contributed by atoms with Crippen LogP contribution in [0.1, 0.15) is 51.2 Å². The van der Waals surface area contributed by atoms with E-state index in [0.717, 1.165) is 12.6 Å². The zero-order chi connectivity index (χ0) is 13.8. The smallest absolute Gasteiger partial charge is 0.0371 e. The van der Waals surface area contributed by atoms with E-state index in [4.69, 9.17) is 0 Å². The van der Waals surface area contributed by atoms with Gasteiger partial charge in [-0.1, -0.05) is 26.8 Å². The Kier molecular flexibility index (Phi) is 4.87. The summed E-state index contributed by atoms with van der Waals surface area (Å²) < 4.78 is 0. The second-order valence-electron chi connectivity index (χ2n) is 6.04. The summed E-state index contributed by atoms with van der Waals surface area (Å²) in [6.45, 7) is 11.1. The van der Waals surface area contributed by atoms with Crippen LogP contribution in [0.3, 0.4) is 0 Å². The van der Waals surface area contributed by atoms with Gasteiger partial charge in [0.05, 0.1) is 0 Å². The van der Waals surface area contributed by atoms with Gasteiger partial charge in [-0.05, 0) is 49.4 Å². The highest BCUT2D eigenvalue weighted by Crippen LogP contribution is 2.28. The zero-order valence-corrected chi connectivity index (χ0v) is 12.9. The number of hydrogen-bond acceptors (Lipinski definition) is 2. The summed E-state index contributed by atoms with van der Waals surface area (Å²) in [7, 11) is 0. The van der Waals surface area contributed by atoms with Crippen molar-refractivity contribution in [1.82, 2.24) is 5.32 Å². The third-order valence-electron chi connectivity index (χ3n) is 4.21. The van der Waals surface area contributed by atoms with Gasteiger partial charge in [0.1, 0.15) is 0 Å². The molecule has 0 amide bonds. The van der Waals surface area contributed by atoms with Crippen molar-refractivity contribution in [3.63, 3.8) is 0 Å². The first-order valence-electron chi connectivity index (χ1n) is 7.71. The fraction of sp³-hybridized carbons (Fsp3) is 0.647. The lowest BCUT2D eigenvalue weighted by Gasteiger charge is -2.26. The first-order valence-corrected chi connectivity index (χ1v) is 7.71. The molecule has 1 aliphatic heterocycles. The predicted octanol–water partition coefficient (Wildman–Crippen LogP) is 3.87. The number of benzene rings is 1. The van der Waals surface area contributed by atoms with E-state index in [1.54, 1.807) is 0 Å². The Morgan fingerprint density at radius 1 is 1.37 bits per heavy atom. The van der Waals surface area contributed by atoms with Gasteiger partial charge in [0.25, 0.3) is 0 Å². The van der Waals surface area contributed by atoms with E-state index < -0.39 is 0 Å². The quantitative estimate of drug-likeness (QED) is 0.864. The molecule has 1 N–H and O–H groups in total. The van der Waals surface area contributed by atoms with E-state index in [9.17, 15) is 0 Å². The van der Waals surface area contributed by atoms with Crippen LogP contribution in [-0.4, -0.2) is 18.6 Å². The van der Waals surface area contributed by atoms with Crippen LogP contribution >= 0.6 is 0 Å². The number of nitrogens with one attached hydrogen (secondary N) is 1. The van der Waals surface area contributed by atoms with E-state index in [1.165, 1.54) is 42.6 Å². The van der Waals surface area contributed by atoms with Gasteiger partial charge in [0.2, 0.25) is 0 Å². The average molecular weight is 260 g/mol. The minimum Gasteiger partial charge on any atom is -0.369 e. The van der Waals surface area contributed by atoms with Crippen LogP contribution in [0.5, 0.6) is 0 Å². The van der Waals surface area contributed by atoms with Gasteiger partial charge in [-0.25, -0.2) is 0 Å². The molecule has 1 aromatic rings. The summed E-state index contributed by atoms with van der Waals surface area (Å²) in [5.74, 6) is 0. The van der Waals surface area contributed by atoms with E-state index in [2.05, 4.69) is 56.1 Å². The summed E-state index contributed by atoms with van der Waals surface area (Å²) in [5.41, 5.74) is 4.24. The molecule has 0 saturated carbocycles. The van der Waals surface area contributed by atoms with E-state index in [0.29, 0.717) is 6.04 Å². The van der Waals surface area contributed by atoms with E-state index in [1.807, 2.05) is 0 Å². The van der Waals surface area contributed by atoms with Crippen molar-refractivity contribution < 1.29 is 0 Å². The van der Waals surface area contributed by atoms with Crippen molar-refractivity contribution in [3.05, 3.63) is 29.3 Å². The summed E-state index contributed by atoms with van der Waals surface area (Å²) in [6, 6.07) is 8.26. The maximum atomic E-state index is 3.50. The lowest BCUT2D eigenvalue weighted by molar-refractivity contribution is 0.587. The van der Waals surface area contributed by atoms with Gasteiger partial charge in [0.15, 0.2) is 0 Å². The average Bonchev–Trinajstić information content (AvgIpc) is 2.85. The van der Waals surface area contributed by atoms with Crippen molar-refractivity contribution in [2.75, 3.05) is 11.4 Å². The summed E-state index contributed by atoms with van der Waals surface area (Å²) in [6.07, 6.45) is 3.95. The Labute approximate surface area is 118 Å². The van der Waals surface area contributed by atoms with E-state index >= 15 is 0 Å². The van der Waals surface area contributed by atoms with Gasteiger partial charge >= 0.3 is 0 Å². The van der Waals surface area contributed by atoms with Gasteiger partial charge < -0.3 is 10.2 Å². The Morgan fingerprint density at radius 2 is 2.16 bits per heavy atom. The maximum absolute atomic E-state index is 3.50. The molecule has 1 heterocycles. The number of aryl methyl sites for hydroxylation is 1. The molecule has 1 aromatic carbocycles. The van der Waals surface area contributed by atoms with Crippen molar-refractivity contribution in [2.24, 2.45) is 0 Å². The summed E-state index contributed by atoms with van der Waals surface area (Å²) in [5, 5.41) is 3.50. The van der Waals surface area contributed by atoms with Crippen LogP contribution in [0.2, 0.25) is 0 Å². The largest absolute Gasteiger partial charge is 0.369 e. The molecule has 2 nitrogen and oxygen atoms in total. The number of nitrogens with zero attached hydrogens (tertiary/aromatic N) is 1.